The van der Waals surface area contributed by atoms with E-state index in [4.69, 9.17) is 15.2 Å². The number of nitrogens with one attached hydrogen (secondary N) is 1. The van der Waals surface area contributed by atoms with E-state index < -0.39 is 6.23 Å². The fourth-order valence-corrected chi connectivity index (χ4v) is 4.78. The summed E-state index contributed by atoms with van der Waals surface area (Å²) in [5, 5.41) is 14.5. The van der Waals surface area contributed by atoms with Gasteiger partial charge in [0, 0.05) is 24.0 Å². The van der Waals surface area contributed by atoms with E-state index in [-0.39, 0.29) is 17.5 Å². The van der Waals surface area contributed by atoms with E-state index in [0.717, 1.165) is 22.3 Å². The molecule has 190 valence electrons. The topological polar surface area (TPSA) is 123 Å². The molecule has 1 aliphatic heterocycles. The van der Waals surface area contributed by atoms with Gasteiger partial charge in [-0.3, -0.25) is 10.1 Å². The molecule has 5 rings (SSSR count). The molecule has 0 saturated carbocycles. The van der Waals surface area contributed by atoms with Crippen LogP contribution < -0.4 is 20.5 Å². The Balaban J connectivity index is 1.63. The van der Waals surface area contributed by atoms with Crippen LogP contribution in [0, 0.1) is 0 Å². The number of ether oxygens (including phenoxy) is 2. The molecule has 0 aliphatic carbocycles. The van der Waals surface area contributed by atoms with Crippen molar-refractivity contribution >= 4 is 22.8 Å². The number of nitrogen functional groups attached to an aromatic ring is 1. The van der Waals surface area contributed by atoms with Gasteiger partial charge in [0.2, 0.25) is 5.95 Å². The van der Waals surface area contributed by atoms with Crippen molar-refractivity contribution in [3.63, 3.8) is 0 Å². The highest BCUT2D eigenvalue weighted by Crippen LogP contribution is 2.39. The van der Waals surface area contributed by atoms with Crippen molar-refractivity contribution < 1.29 is 19.4 Å². The molecule has 4 N–H and O–H groups in total. The maximum atomic E-state index is 13.7. The van der Waals surface area contributed by atoms with Crippen LogP contribution in [-0.4, -0.2) is 46.6 Å². The maximum Gasteiger partial charge on any atom is 0.273 e. The summed E-state index contributed by atoms with van der Waals surface area (Å²) in [7, 11) is 3.11. The van der Waals surface area contributed by atoms with E-state index in [1.165, 1.54) is 0 Å². The predicted molar refractivity (Wildman–Crippen MR) is 141 cm³/mol. The van der Waals surface area contributed by atoms with E-state index in [9.17, 15) is 9.90 Å². The monoisotopic (exact) mass is 499 g/mol. The number of nitrogens with two attached hydrogens (primary N) is 1. The minimum Gasteiger partial charge on any atom is -0.493 e. The summed E-state index contributed by atoms with van der Waals surface area (Å²) in [6.45, 7) is 3.50. The molecule has 0 saturated heterocycles. The molecule has 9 heteroatoms. The zero-order valence-electron chi connectivity index (χ0n) is 21.0. The quantitative estimate of drug-likeness (QED) is 0.329. The van der Waals surface area contributed by atoms with E-state index in [2.05, 4.69) is 15.3 Å². The number of amides is 1. The van der Waals surface area contributed by atoms with Crippen LogP contribution in [-0.2, 0) is 13.1 Å². The summed E-state index contributed by atoms with van der Waals surface area (Å²) in [6.07, 6.45) is -0.942. The standard InChI is InChI=1S/C28H29N5O4/c1-4-30-26(34)20-13-24(37-3)23(36-2)12-19(20)16-9-10-22-21(11-16)25(32-28(29)31-22)27(35)33-14-17-7-5-6-8-18(17)15-33/h5-13,26,30,34H,4,14-15H2,1-3H3,(H2,29,31,32). The fraction of sp³-hybridized carbons (Fsp3) is 0.250. The molecule has 37 heavy (non-hydrogen) atoms. The number of carbonyl (C=O) groups excluding carboxylic acids is 1. The Labute approximate surface area is 214 Å². The van der Waals surface area contributed by atoms with Gasteiger partial charge in [-0.25, -0.2) is 9.97 Å². The lowest BCUT2D eigenvalue weighted by atomic mass is 9.95. The molecule has 4 aromatic rings. The summed E-state index contributed by atoms with van der Waals surface area (Å²) in [5.74, 6) is 0.839. The second-order valence-electron chi connectivity index (χ2n) is 8.85. The summed E-state index contributed by atoms with van der Waals surface area (Å²) in [4.78, 5) is 24.1. The van der Waals surface area contributed by atoms with Crippen molar-refractivity contribution in [3.05, 3.63) is 77.0 Å². The molecule has 0 radical (unpaired) electrons. The number of hydrogen-bond donors (Lipinski definition) is 3. The van der Waals surface area contributed by atoms with Gasteiger partial charge in [-0.05, 0) is 53.1 Å². The van der Waals surface area contributed by atoms with Gasteiger partial charge >= 0.3 is 0 Å². The highest BCUT2D eigenvalue weighted by atomic mass is 16.5. The number of benzene rings is 3. The van der Waals surface area contributed by atoms with Gasteiger partial charge in [-0.1, -0.05) is 37.3 Å². The van der Waals surface area contributed by atoms with Crippen molar-refractivity contribution in [2.24, 2.45) is 0 Å². The van der Waals surface area contributed by atoms with Crippen LogP contribution in [0.1, 0.15) is 40.3 Å². The second-order valence-corrected chi connectivity index (χ2v) is 8.85. The third kappa shape index (κ3) is 4.54. The number of nitrogens with zero attached hydrogens (tertiary/aromatic N) is 3. The highest BCUT2D eigenvalue weighted by Gasteiger charge is 2.27. The van der Waals surface area contributed by atoms with Gasteiger partial charge in [-0.15, -0.1) is 0 Å². The molecule has 3 aromatic carbocycles. The molecule has 1 unspecified atom stereocenters. The van der Waals surface area contributed by atoms with E-state index >= 15 is 0 Å². The molecule has 1 atom stereocenters. The summed E-state index contributed by atoms with van der Waals surface area (Å²) in [5.41, 5.74) is 11.1. The number of rotatable bonds is 7. The highest BCUT2D eigenvalue weighted by molar-refractivity contribution is 6.06. The number of carbonyl (C=O) groups is 1. The first kappa shape index (κ1) is 24.5. The lowest BCUT2D eigenvalue weighted by Crippen LogP contribution is -2.27. The lowest BCUT2D eigenvalue weighted by Gasteiger charge is -2.20. The Hall–Kier alpha value is -4.21. The zero-order chi connectivity index (χ0) is 26.1. The van der Waals surface area contributed by atoms with Crippen LogP contribution in [0.2, 0.25) is 0 Å². The number of aliphatic hydroxyl groups is 1. The number of methoxy groups -OCH3 is 2. The number of aromatic nitrogens is 2. The first-order chi connectivity index (χ1) is 17.9. The van der Waals surface area contributed by atoms with E-state index in [1.54, 1.807) is 31.3 Å². The third-order valence-corrected chi connectivity index (χ3v) is 6.60. The smallest absolute Gasteiger partial charge is 0.273 e. The van der Waals surface area contributed by atoms with Gasteiger partial charge in [0.05, 0.1) is 19.7 Å². The Bertz CT molecular complexity index is 1460. The molecule has 2 heterocycles. The first-order valence-corrected chi connectivity index (χ1v) is 12.0. The van der Waals surface area contributed by atoms with Crippen LogP contribution >= 0.6 is 0 Å². The number of aliphatic hydroxyl groups excluding tert-OH is 1. The van der Waals surface area contributed by atoms with Crippen LogP contribution in [0.5, 0.6) is 11.5 Å². The van der Waals surface area contributed by atoms with Crippen LogP contribution in [0.25, 0.3) is 22.0 Å². The van der Waals surface area contributed by atoms with E-state index in [1.807, 2.05) is 49.4 Å². The molecule has 9 nitrogen and oxygen atoms in total. The lowest BCUT2D eigenvalue weighted by molar-refractivity contribution is 0.0747. The van der Waals surface area contributed by atoms with Crippen molar-refractivity contribution in [2.75, 3.05) is 26.5 Å². The average molecular weight is 500 g/mol. The van der Waals surface area contributed by atoms with Gasteiger partial charge in [0.15, 0.2) is 11.5 Å². The number of hydrogen-bond acceptors (Lipinski definition) is 8. The minimum absolute atomic E-state index is 0.0367. The minimum atomic E-state index is -0.942. The molecule has 1 aliphatic rings. The zero-order valence-corrected chi connectivity index (χ0v) is 21.0. The third-order valence-electron chi connectivity index (χ3n) is 6.60. The SMILES string of the molecule is CCNC(O)c1cc(OC)c(OC)cc1-c1ccc2nc(N)nc(C(=O)N3Cc4ccccc4C3)c2c1. The number of fused-ring (bicyclic) bond motifs is 2. The fourth-order valence-electron chi connectivity index (χ4n) is 4.78. The normalized spacial score (nSPS) is 13.5. The first-order valence-electron chi connectivity index (χ1n) is 12.0. The second kappa shape index (κ2) is 10.0. The van der Waals surface area contributed by atoms with Gasteiger partial charge < -0.3 is 25.2 Å². The Morgan fingerprint density at radius 1 is 1.05 bits per heavy atom. The molecule has 1 amide bonds. The van der Waals surface area contributed by atoms with Crippen LogP contribution in [0.3, 0.4) is 0 Å². The maximum absolute atomic E-state index is 13.7. The molecule has 0 spiro atoms. The Morgan fingerprint density at radius 3 is 2.38 bits per heavy atom. The van der Waals surface area contributed by atoms with Gasteiger partial charge in [0.25, 0.3) is 5.91 Å². The number of anilines is 1. The molecule has 0 fully saturated rings. The molecule has 0 bridgehead atoms. The Kier molecular flexibility index (Phi) is 6.64. The molecular weight excluding hydrogens is 470 g/mol. The summed E-state index contributed by atoms with van der Waals surface area (Å²) in [6, 6.07) is 17.1. The van der Waals surface area contributed by atoms with Crippen molar-refractivity contribution in [2.45, 2.75) is 26.2 Å². The Morgan fingerprint density at radius 2 is 1.73 bits per heavy atom. The summed E-state index contributed by atoms with van der Waals surface area (Å²) < 4.78 is 11.0. The van der Waals surface area contributed by atoms with E-state index in [0.29, 0.717) is 47.6 Å². The summed E-state index contributed by atoms with van der Waals surface area (Å²) >= 11 is 0. The van der Waals surface area contributed by atoms with Crippen molar-refractivity contribution in [1.29, 1.82) is 0 Å². The molecular formula is C28H29N5O4. The average Bonchev–Trinajstić information content (AvgIpc) is 3.35. The predicted octanol–water partition coefficient (Wildman–Crippen LogP) is 3.65. The van der Waals surface area contributed by atoms with Crippen LogP contribution in [0.15, 0.2) is 54.6 Å². The van der Waals surface area contributed by atoms with Crippen molar-refractivity contribution in [3.8, 4) is 22.6 Å². The molecule has 1 aromatic heterocycles. The van der Waals surface area contributed by atoms with Gasteiger partial charge in [-0.2, -0.15) is 0 Å². The largest absolute Gasteiger partial charge is 0.493 e. The van der Waals surface area contributed by atoms with Crippen LogP contribution in [0.4, 0.5) is 5.95 Å². The van der Waals surface area contributed by atoms with Crippen molar-refractivity contribution in [1.82, 2.24) is 20.2 Å². The van der Waals surface area contributed by atoms with Gasteiger partial charge in [0.1, 0.15) is 11.9 Å².